The first kappa shape index (κ1) is 22.2. The van der Waals surface area contributed by atoms with Gasteiger partial charge in [-0.05, 0) is 86.5 Å². The number of ether oxygens (including phenoxy) is 2. The van der Waals surface area contributed by atoms with Gasteiger partial charge in [0.05, 0.1) is 13.2 Å². The highest BCUT2D eigenvalue weighted by molar-refractivity contribution is 5.64. The Kier molecular flexibility index (Phi) is 8.70. The molecule has 0 aromatic heterocycles. The Morgan fingerprint density at radius 3 is 1.77 bits per heavy atom. The van der Waals surface area contributed by atoms with Crippen LogP contribution in [0.3, 0.4) is 0 Å². The molecule has 1 saturated carbocycles. The Balaban J connectivity index is 1.14. The van der Waals surface area contributed by atoms with E-state index in [2.05, 4.69) is 53.4 Å². The molecule has 0 spiro atoms. The smallest absolute Gasteiger partial charge is 0.119 e. The predicted octanol–water partition coefficient (Wildman–Crippen LogP) is 6.96. The molecular formula is C28H39NO2. The zero-order chi connectivity index (χ0) is 21.1. The van der Waals surface area contributed by atoms with Gasteiger partial charge in [-0.15, -0.1) is 0 Å². The van der Waals surface area contributed by atoms with Gasteiger partial charge < -0.3 is 14.4 Å². The van der Waals surface area contributed by atoms with E-state index in [1.165, 1.54) is 75.6 Å². The second-order valence-electron chi connectivity index (χ2n) is 9.29. The minimum absolute atomic E-state index is 0.794. The molecule has 3 heteroatoms. The van der Waals surface area contributed by atoms with E-state index in [1.807, 2.05) is 0 Å². The summed E-state index contributed by atoms with van der Waals surface area (Å²) in [5, 5.41) is 0. The third-order valence-corrected chi connectivity index (χ3v) is 6.88. The molecule has 0 amide bonds. The molecule has 1 aliphatic carbocycles. The zero-order valence-electron chi connectivity index (χ0n) is 19.1. The number of rotatable bonds is 12. The first-order valence-electron chi connectivity index (χ1n) is 12.6. The standard InChI is InChI=1S/C28H39NO2/c1-2-9-24(8-1)10-3-6-22-30-27-15-11-25(12-16-27)26-13-17-28(18-14-26)31-23-7-21-29-19-4-5-20-29/h11-18,24H,1-10,19-23H2. The maximum absolute atomic E-state index is 5.95. The predicted molar refractivity (Wildman–Crippen MR) is 129 cm³/mol. The molecule has 0 atom stereocenters. The quantitative estimate of drug-likeness (QED) is 0.346. The number of likely N-dealkylation sites (tertiary alicyclic amines) is 1. The first-order chi connectivity index (χ1) is 15.4. The molecule has 2 aromatic carbocycles. The lowest BCUT2D eigenvalue weighted by Gasteiger charge is -2.14. The van der Waals surface area contributed by atoms with Gasteiger partial charge in [-0.3, -0.25) is 0 Å². The van der Waals surface area contributed by atoms with Crippen molar-refractivity contribution in [1.82, 2.24) is 4.90 Å². The van der Waals surface area contributed by atoms with Gasteiger partial charge in [0, 0.05) is 6.54 Å². The van der Waals surface area contributed by atoms with E-state index < -0.39 is 0 Å². The lowest BCUT2D eigenvalue weighted by atomic mass is 10.0. The average molecular weight is 422 g/mol. The number of benzene rings is 2. The fourth-order valence-corrected chi connectivity index (χ4v) is 5.00. The second-order valence-corrected chi connectivity index (χ2v) is 9.29. The van der Waals surface area contributed by atoms with Crippen LogP contribution in [0, 0.1) is 5.92 Å². The van der Waals surface area contributed by atoms with Crippen molar-refractivity contribution in [2.75, 3.05) is 32.8 Å². The van der Waals surface area contributed by atoms with Crippen LogP contribution in [0.4, 0.5) is 0 Å². The van der Waals surface area contributed by atoms with Crippen LogP contribution < -0.4 is 9.47 Å². The maximum Gasteiger partial charge on any atom is 0.119 e. The van der Waals surface area contributed by atoms with E-state index in [0.29, 0.717) is 0 Å². The van der Waals surface area contributed by atoms with E-state index in [-0.39, 0.29) is 0 Å². The summed E-state index contributed by atoms with van der Waals surface area (Å²) in [6.07, 6.45) is 13.5. The van der Waals surface area contributed by atoms with Crippen LogP contribution in [0.5, 0.6) is 11.5 Å². The van der Waals surface area contributed by atoms with Crippen LogP contribution in [0.25, 0.3) is 11.1 Å². The first-order valence-corrected chi connectivity index (χ1v) is 12.6. The van der Waals surface area contributed by atoms with Gasteiger partial charge in [-0.2, -0.15) is 0 Å². The van der Waals surface area contributed by atoms with Crippen molar-refractivity contribution in [2.45, 2.75) is 64.2 Å². The van der Waals surface area contributed by atoms with Crippen LogP contribution in [0.15, 0.2) is 48.5 Å². The molecule has 1 heterocycles. The summed E-state index contributed by atoms with van der Waals surface area (Å²) >= 11 is 0. The fourth-order valence-electron chi connectivity index (χ4n) is 5.00. The molecule has 0 N–H and O–H groups in total. The largest absolute Gasteiger partial charge is 0.494 e. The molecule has 4 rings (SSSR count). The van der Waals surface area contributed by atoms with Gasteiger partial charge >= 0.3 is 0 Å². The summed E-state index contributed by atoms with van der Waals surface area (Å²) in [4.78, 5) is 2.54. The van der Waals surface area contributed by atoms with Crippen molar-refractivity contribution in [1.29, 1.82) is 0 Å². The summed E-state index contributed by atoms with van der Waals surface area (Å²) < 4.78 is 11.9. The highest BCUT2D eigenvalue weighted by Gasteiger charge is 2.14. The van der Waals surface area contributed by atoms with Crippen LogP contribution in [-0.4, -0.2) is 37.7 Å². The Bertz CT molecular complexity index is 744. The third-order valence-electron chi connectivity index (χ3n) is 6.88. The van der Waals surface area contributed by atoms with Crippen molar-refractivity contribution in [3.05, 3.63) is 48.5 Å². The molecule has 0 unspecified atom stereocenters. The molecule has 0 radical (unpaired) electrons. The molecule has 1 saturated heterocycles. The monoisotopic (exact) mass is 421 g/mol. The van der Waals surface area contributed by atoms with E-state index >= 15 is 0 Å². The highest BCUT2D eigenvalue weighted by atomic mass is 16.5. The summed E-state index contributed by atoms with van der Waals surface area (Å²) in [6, 6.07) is 17.0. The average Bonchev–Trinajstić information content (AvgIpc) is 3.52. The molecule has 2 aliphatic rings. The number of hydrogen-bond donors (Lipinski definition) is 0. The SMILES string of the molecule is c1cc(-c2ccc(OCCCN3CCCC3)cc2)ccc1OCCCCC1CCCC1. The molecule has 2 fully saturated rings. The molecule has 3 nitrogen and oxygen atoms in total. The summed E-state index contributed by atoms with van der Waals surface area (Å²) in [6.45, 7) is 5.31. The number of unbranched alkanes of at least 4 members (excludes halogenated alkanes) is 1. The van der Waals surface area contributed by atoms with Gasteiger partial charge in [0.1, 0.15) is 11.5 Å². The summed E-state index contributed by atoms with van der Waals surface area (Å²) in [5.74, 6) is 2.93. The minimum Gasteiger partial charge on any atom is -0.494 e. The number of hydrogen-bond acceptors (Lipinski definition) is 3. The Hall–Kier alpha value is -2.00. The molecule has 2 aromatic rings. The normalized spacial score (nSPS) is 17.3. The van der Waals surface area contributed by atoms with Crippen LogP contribution in [0.2, 0.25) is 0 Å². The van der Waals surface area contributed by atoms with E-state index in [9.17, 15) is 0 Å². The third kappa shape index (κ3) is 7.28. The van der Waals surface area contributed by atoms with Crippen LogP contribution in [-0.2, 0) is 0 Å². The molecule has 1 aliphatic heterocycles. The van der Waals surface area contributed by atoms with Crippen molar-refractivity contribution in [3.8, 4) is 22.6 Å². The molecule has 0 bridgehead atoms. The lowest BCUT2D eigenvalue weighted by Crippen LogP contribution is -2.21. The van der Waals surface area contributed by atoms with Gasteiger partial charge in [0.15, 0.2) is 0 Å². The van der Waals surface area contributed by atoms with Gasteiger partial charge in [0.25, 0.3) is 0 Å². The Morgan fingerprint density at radius 1 is 0.645 bits per heavy atom. The van der Waals surface area contributed by atoms with Crippen molar-refractivity contribution >= 4 is 0 Å². The van der Waals surface area contributed by atoms with Gasteiger partial charge in [0.2, 0.25) is 0 Å². The van der Waals surface area contributed by atoms with Crippen LogP contribution in [0.1, 0.15) is 64.2 Å². The topological polar surface area (TPSA) is 21.7 Å². The zero-order valence-corrected chi connectivity index (χ0v) is 19.1. The minimum atomic E-state index is 0.794. The summed E-state index contributed by atoms with van der Waals surface area (Å²) in [5.41, 5.74) is 2.43. The molecule has 168 valence electrons. The van der Waals surface area contributed by atoms with Crippen molar-refractivity contribution in [2.24, 2.45) is 5.92 Å². The van der Waals surface area contributed by atoms with Crippen molar-refractivity contribution in [3.63, 3.8) is 0 Å². The Labute approximate surface area is 188 Å². The lowest BCUT2D eigenvalue weighted by molar-refractivity contribution is 0.263. The maximum atomic E-state index is 5.95. The second kappa shape index (κ2) is 12.1. The van der Waals surface area contributed by atoms with Crippen LogP contribution >= 0.6 is 0 Å². The van der Waals surface area contributed by atoms with E-state index in [1.54, 1.807) is 0 Å². The molecular weight excluding hydrogens is 382 g/mol. The van der Waals surface area contributed by atoms with Gasteiger partial charge in [-0.25, -0.2) is 0 Å². The Morgan fingerprint density at radius 2 is 1.19 bits per heavy atom. The van der Waals surface area contributed by atoms with E-state index in [4.69, 9.17) is 9.47 Å². The van der Waals surface area contributed by atoms with Gasteiger partial charge in [-0.1, -0.05) is 56.4 Å². The highest BCUT2D eigenvalue weighted by Crippen LogP contribution is 2.29. The molecule has 31 heavy (non-hydrogen) atoms. The number of nitrogens with zero attached hydrogens (tertiary/aromatic N) is 1. The van der Waals surface area contributed by atoms with Crippen molar-refractivity contribution < 1.29 is 9.47 Å². The van der Waals surface area contributed by atoms with E-state index in [0.717, 1.165) is 50.0 Å². The summed E-state index contributed by atoms with van der Waals surface area (Å²) in [7, 11) is 0. The fraction of sp³-hybridized carbons (Fsp3) is 0.571.